The second-order valence-electron chi connectivity index (χ2n) is 2.57. The molecule has 1 aliphatic carbocycles. The molecule has 1 rings (SSSR count). The summed E-state index contributed by atoms with van der Waals surface area (Å²) in [6.45, 7) is 0.747. The Morgan fingerprint density at radius 2 is 2.11 bits per heavy atom. The van der Waals surface area contributed by atoms with Crippen LogP contribution in [0.4, 0.5) is 0 Å². The van der Waals surface area contributed by atoms with Crippen molar-refractivity contribution >= 4 is 12.4 Å². The van der Waals surface area contributed by atoms with E-state index in [1.807, 2.05) is 0 Å². The molecule has 0 aromatic carbocycles. The Balaban J connectivity index is 0.000000640. The molecule has 0 amide bonds. The molecule has 0 spiro atoms. The summed E-state index contributed by atoms with van der Waals surface area (Å²) in [7, 11) is 0. The molecule has 0 radical (unpaired) electrons. The number of aliphatic hydroxyl groups excluding tert-OH is 1. The van der Waals surface area contributed by atoms with E-state index >= 15 is 0 Å². The number of rotatable bonds is 1. The Bertz CT molecular complexity index is 79.5. The molecule has 1 saturated carbocycles. The van der Waals surface area contributed by atoms with Gasteiger partial charge in [-0.05, 0) is 31.7 Å². The first-order valence-corrected chi connectivity index (χ1v) is 3.21. The van der Waals surface area contributed by atoms with Gasteiger partial charge in [-0.25, -0.2) is 0 Å². The standard InChI is InChI=1S/C6H13NO.ClH/c7-4-5-1-2-6(8)3-5;/h5-6,8H,1-4,7H2;1H/t5-,6+;/m0./s1. The highest BCUT2D eigenvalue weighted by Crippen LogP contribution is 2.23. The fourth-order valence-corrected chi connectivity index (χ4v) is 1.26. The molecule has 0 heterocycles. The van der Waals surface area contributed by atoms with Gasteiger partial charge in [0.05, 0.1) is 6.10 Å². The van der Waals surface area contributed by atoms with Crippen molar-refractivity contribution in [1.29, 1.82) is 0 Å². The zero-order valence-electron chi connectivity index (χ0n) is 5.42. The van der Waals surface area contributed by atoms with Crippen LogP contribution in [0, 0.1) is 5.92 Å². The quantitative estimate of drug-likeness (QED) is 0.575. The van der Waals surface area contributed by atoms with Gasteiger partial charge in [-0.3, -0.25) is 0 Å². The Morgan fingerprint density at radius 1 is 1.44 bits per heavy atom. The summed E-state index contributed by atoms with van der Waals surface area (Å²) in [5.74, 6) is 0.602. The van der Waals surface area contributed by atoms with Crippen LogP contribution in [0.3, 0.4) is 0 Å². The average molecular weight is 152 g/mol. The molecular formula is C6H14ClNO. The van der Waals surface area contributed by atoms with Crippen LogP contribution >= 0.6 is 12.4 Å². The van der Waals surface area contributed by atoms with Crippen molar-refractivity contribution in [1.82, 2.24) is 0 Å². The van der Waals surface area contributed by atoms with Crippen molar-refractivity contribution in [3.63, 3.8) is 0 Å². The van der Waals surface area contributed by atoms with Crippen LogP contribution in [0.1, 0.15) is 19.3 Å². The van der Waals surface area contributed by atoms with Gasteiger partial charge in [0, 0.05) is 0 Å². The minimum absolute atomic E-state index is 0. The minimum atomic E-state index is -0.0523. The second kappa shape index (κ2) is 4.09. The fourth-order valence-electron chi connectivity index (χ4n) is 1.26. The molecular weight excluding hydrogens is 138 g/mol. The third-order valence-corrected chi connectivity index (χ3v) is 1.85. The molecule has 0 bridgehead atoms. The lowest BCUT2D eigenvalue weighted by Crippen LogP contribution is -2.11. The molecule has 9 heavy (non-hydrogen) atoms. The van der Waals surface area contributed by atoms with E-state index in [0.717, 1.165) is 25.8 Å². The van der Waals surface area contributed by atoms with E-state index in [-0.39, 0.29) is 18.5 Å². The van der Waals surface area contributed by atoms with E-state index in [1.54, 1.807) is 0 Å². The molecule has 0 aromatic heterocycles. The maximum atomic E-state index is 8.98. The van der Waals surface area contributed by atoms with Crippen molar-refractivity contribution in [2.24, 2.45) is 11.7 Å². The lowest BCUT2D eigenvalue weighted by Gasteiger charge is -2.01. The van der Waals surface area contributed by atoms with Crippen LogP contribution in [0.25, 0.3) is 0 Å². The molecule has 1 aliphatic rings. The highest BCUT2D eigenvalue weighted by Gasteiger charge is 2.20. The maximum Gasteiger partial charge on any atom is 0.0543 e. The Kier molecular flexibility index (Phi) is 4.19. The zero-order valence-corrected chi connectivity index (χ0v) is 6.23. The monoisotopic (exact) mass is 151 g/mol. The topological polar surface area (TPSA) is 46.2 Å². The molecule has 0 unspecified atom stereocenters. The van der Waals surface area contributed by atoms with Gasteiger partial charge in [0.1, 0.15) is 0 Å². The van der Waals surface area contributed by atoms with Crippen molar-refractivity contribution < 1.29 is 5.11 Å². The second-order valence-corrected chi connectivity index (χ2v) is 2.57. The highest BCUT2D eigenvalue weighted by atomic mass is 35.5. The van der Waals surface area contributed by atoms with Crippen molar-refractivity contribution in [2.75, 3.05) is 6.54 Å². The Morgan fingerprint density at radius 3 is 2.33 bits per heavy atom. The third kappa shape index (κ3) is 2.52. The Hall–Kier alpha value is 0.210. The van der Waals surface area contributed by atoms with Crippen LogP contribution in [0.15, 0.2) is 0 Å². The van der Waals surface area contributed by atoms with Crippen molar-refractivity contribution in [3.05, 3.63) is 0 Å². The van der Waals surface area contributed by atoms with Crippen molar-refractivity contribution in [2.45, 2.75) is 25.4 Å². The van der Waals surface area contributed by atoms with Gasteiger partial charge in [0.15, 0.2) is 0 Å². The molecule has 0 aliphatic heterocycles. The van der Waals surface area contributed by atoms with Gasteiger partial charge < -0.3 is 10.8 Å². The summed E-state index contributed by atoms with van der Waals surface area (Å²) in [4.78, 5) is 0. The largest absolute Gasteiger partial charge is 0.393 e. The first-order chi connectivity index (χ1) is 3.83. The van der Waals surface area contributed by atoms with Gasteiger partial charge in [-0.2, -0.15) is 0 Å². The summed E-state index contributed by atoms with van der Waals surface area (Å²) in [6.07, 6.45) is 2.96. The fraction of sp³-hybridized carbons (Fsp3) is 1.00. The summed E-state index contributed by atoms with van der Waals surface area (Å²) in [5, 5.41) is 8.98. The van der Waals surface area contributed by atoms with E-state index in [2.05, 4.69) is 0 Å². The number of halogens is 1. The Labute approximate surface area is 61.8 Å². The van der Waals surface area contributed by atoms with Crippen molar-refractivity contribution in [3.8, 4) is 0 Å². The lowest BCUT2D eigenvalue weighted by molar-refractivity contribution is 0.178. The summed E-state index contributed by atoms with van der Waals surface area (Å²) in [5.41, 5.74) is 5.38. The van der Waals surface area contributed by atoms with Gasteiger partial charge in [0.25, 0.3) is 0 Å². The first kappa shape index (κ1) is 9.21. The minimum Gasteiger partial charge on any atom is -0.393 e. The molecule has 3 N–H and O–H groups in total. The predicted molar refractivity (Wildman–Crippen MR) is 39.7 cm³/mol. The molecule has 1 fully saturated rings. The van der Waals surface area contributed by atoms with E-state index < -0.39 is 0 Å². The normalized spacial score (nSPS) is 34.0. The smallest absolute Gasteiger partial charge is 0.0543 e. The van der Waals surface area contributed by atoms with E-state index in [1.165, 1.54) is 0 Å². The van der Waals surface area contributed by atoms with Crippen LogP contribution < -0.4 is 5.73 Å². The molecule has 2 nitrogen and oxygen atoms in total. The van der Waals surface area contributed by atoms with Crippen LogP contribution in [-0.4, -0.2) is 17.8 Å². The maximum absolute atomic E-state index is 8.98. The van der Waals surface area contributed by atoms with Gasteiger partial charge in [-0.15, -0.1) is 12.4 Å². The number of nitrogens with two attached hydrogens (primary N) is 1. The van der Waals surface area contributed by atoms with Crippen LogP contribution in [0.5, 0.6) is 0 Å². The predicted octanol–water partition coefficient (Wildman–Crippen LogP) is 0.528. The third-order valence-electron chi connectivity index (χ3n) is 1.85. The molecule has 0 aromatic rings. The summed E-state index contributed by atoms with van der Waals surface area (Å²) in [6, 6.07) is 0. The molecule has 56 valence electrons. The van der Waals surface area contributed by atoms with Crippen LogP contribution in [0.2, 0.25) is 0 Å². The SMILES string of the molecule is Cl.NC[C@H]1CC[C@@H](O)C1. The number of hydrogen-bond acceptors (Lipinski definition) is 2. The van der Waals surface area contributed by atoms with E-state index in [9.17, 15) is 0 Å². The summed E-state index contributed by atoms with van der Waals surface area (Å²) >= 11 is 0. The van der Waals surface area contributed by atoms with Gasteiger partial charge in [-0.1, -0.05) is 0 Å². The summed E-state index contributed by atoms with van der Waals surface area (Å²) < 4.78 is 0. The molecule has 0 saturated heterocycles. The number of hydrogen-bond donors (Lipinski definition) is 2. The van der Waals surface area contributed by atoms with Gasteiger partial charge in [0.2, 0.25) is 0 Å². The van der Waals surface area contributed by atoms with Gasteiger partial charge >= 0.3 is 0 Å². The molecule has 3 heteroatoms. The highest BCUT2D eigenvalue weighted by molar-refractivity contribution is 5.85. The van der Waals surface area contributed by atoms with E-state index in [4.69, 9.17) is 10.8 Å². The molecule has 2 atom stereocenters. The average Bonchev–Trinajstić information content (AvgIpc) is 2.14. The lowest BCUT2D eigenvalue weighted by atomic mass is 10.1. The number of aliphatic hydroxyl groups is 1. The van der Waals surface area contributed by atoms with Crippen LogP contribution in [-0.2, 0) is 0 Å². The first-order valence-electron chi connectivity index (χ1n) is 3.21. The van der Waals surface area contributed by atoms with E-state index in [0.29, 0.717) is 5.92 Å². The zero-order chi connectivity index (χ0) is 5.98.